The first kappa shape index (κ1) is 12.8. The Bertz CT molecular complexity index is 388. The number of anilines is 1. The zero-order chi connectivity index (χ0) is 12.5. The van der Waals surface area contributed by atoms with Gasteiger partial charge in [-0.1, -0.05) is 18.2 Å². The van der Waals surface area contributed by atoms with E-state index in [1.54, 1.807) is 0 Å². The summed E-state index contributed by atoms with van der Waals surface area (Å²) in [4.78, 5) is 2.48. The lowest BCUT2D eigenvalue weighted by molar-refractivity contribution is 0.642. The number of nitrogens with zero attached hydrogens (tertiary/aromatic N) is 1. The average Bonchev–Trinajstić information content (AvgIpc) is 2.27. The monoisotopic (exact) mass is 250 g/mol. The summed E-state index contributed by atoms with van der Waals surface area (Å²) in [6.07, 6.45) is 0. The molecule has 1 aromatic rings. The third-order valence-electron chi connectivity index (χ3n) is 3.19. The third kappa shape index (κ3) is 2.96. The number of hydrogen-bond donors (Lipinski definition) is 1. The van der Waals surface area contributed by atoms with Gasteiger partial charge in [0.1, 0.15) is 0 Å². The number of hydrogen-bond acceptors (Lipinski definition) is 3. The summed E-state index contributed by atoms with van der Waals surface area (Å²) in [5.41, 5.74) is 8.63. The van der Waals surface area contributed by atoms with Crippen molar-refractivity contribution in [3.05, 3.63) is 29.8 Å². The van der Waals surface area contributed by atoms with E-state index in [9.17, 15) is 0 Å². The van der Waals surface area contributed by atoms with Gasteiger partial charge in [0.15, 0.2) is 0 Å². The molecule has 0 unspecified atom stereocenters. The first-order valence-corrected chi connectivity index (χ1v) is 7.21. The second kappa shape index (κ2) is 4.91. The number of nitrogens with two attached hydrogens (primary N) is 1. The summed E-state index contributed by atoms with van der Waals surface area (Å²) in [5, 5.41) is 0. The van der Waals surface area contributed by atoms with E-state index in [-0.39, 0.29) is 6.04 Å². The van der Waals surface area contributed by atoms with Crippen LogP contribution in [0.15, 0.2) is 24.3 Å². The molecule has 1 aliphatic heterocycles. The predicted molar refractivity (Wildman–Crippen MR) is 77.8 cm³/mol. The van der Waals surface area contributed by atoms with Gasteiger partial charge in [0.05, 0.1) is 0 Å². The highest BCUT2D eigenvalue weighted by molar-refractivity contribution is 8.00. The molecule has 0 radical (unpaired) electrons. The number of thioether (sulfide) groups is 1. The van der Waals surface area contributed by atoms with Gasteiger partial charge in [-0.05, 0) is 32.4 Å². The van der Waals surface area contributed by atoms with Crippen LogP contribution in [0.5, 0.6) is 0 Å². The van der Waals surface area contributed by atoms with Crippen LogP contribution < -0.4 is 10.6 Å². The SMILES string of the molecule is C[C@@H](N)c1ccccc1N1CCSC(C)(C)C1. The first-order valence-electron chi connectivity index (χ1n) is 6.23. The highest BCUT2D eigenvalue weighted by atomic mass is 32.2. The molecule has 0 aromatic heterocycles. The predicted octanol–water partition coefficient (Wildman–Crippen LogP) is 3.04. The lowest BCUT2D eigenvalue weighted by Crippen LogP contribution is -2.43. The van der Waals surface area contributed by atoms with E-state index < -0.39 is 0 Å². The average molecular weight is 250 g/mol. The normalized spacial score (nSPS) is 21.3. The van der Waals surface area contributed by atoms with Crippen LogP contribution in [-0.4, -0.2) is 23.6 Å². The topological polar surface area (TPSA) is 29.3 Å². The first-order chi connectivity index (χ1) is 7.99. The van der Waals surface area contributed by atoms with Gasteiger partial charge < -0.3 is 10.6 Å². The second-order valence-electron chi connectivity index (χ2n) is 5.38. The smallest absolute Gasteiger partial charge is 0.0415 e. The van der Waals surface area contributed by atoms with Crippen LogP contribution in [0.1, 0.15) is 32.4 Å². The summed E-state index contributed by atoms with van der Waals surface area (Å²) in [6, 6.07) is 8.63. The zero-order valence-electron chi connectivity index (χ0n) is 10.9. The van der Waals surface area contributed by atoms with Crippen LogP contribution in [0.3, 0.4) is 0 Å². The van der Waals surface area contributed by atoms with E-state index in [1.165, 1.54) is 17.0 Å². The van der Waals surface area contributed by atoms with Gasteiger partial charge in [0, 0.05) is 35.3 Å². The molecule has 0 amide bonds. The lowest BCUT2D eigenvalue weighted by atomic mass is 10.0. The van der Waals surface area contributed by atoms with E-state index in [1.807, 2.05) is 0 Å². The molecular formula is C14H22N2S. The fourth-order valence-electron chi connectivity index (χ4n) is 2.38. The van der Waals surface area contributed by atoms with Crippen molar-refractivity contribution >= 4 is 17.4 Å². The van der Waals surface area contributed by atoms with Crippen molar-refractivity contribution in [3.8, 4) is 0 Å². The molecule has 0 saturated carbocycles. The zero-order valence-corrected chi connectivity index (χ0v) is 11.8. The molecule has 94 valence electrons. The quantitative estimate of drug-likeness (QED) is 0.875. The van der Waals surface area contributed by atoms with Crippen LogP contribution in [-0.2, 0) is 0 Å². The largest absolute Gasteiger partial charge is 0.369 e. The molecule has 1 fully saturated rings. The van der Waals surface area contributed by atoms with E-state index in [0.29, 0.717) is 4.75 Å². The molecule has 1 aromatic carbocycles. The summed E-state index contributed by atoms with van der Waals surface area (Å²) >= 11 is 2.06. The number of para-hydroxylation sites is 1. The summed E-state index contributed by atoms with van der Waals surface area (Å²) in [7, 11) is 0. The second-order valence-corrected chi connectivity index (χ2v) is 7.18. The Morgan fingerprint density at radius 3 is 2.71 bits per heavy atom. The van der Waals surface area contributed by atoms with Gasteiger partial charge in [-0.25, -0.2) is 0 Å². The Kier molecular flexibility index (Phi) is 3.69. The molecule has 2 N–H and O–H groups in total. The van der Waals surface area contributed by atoms with Crippen molar-refractivity contribution < 1.29 is 0 Å². The highest BCUT2D eigenvalue weighted by Crippen LogP contribution is 2.34. The minimum atomic E-state index is 0.101. The molecule has 1 heterocycles. The van der Waals surface area contributed by atoms with Crippen LogP contribution in [0.2, 0.25) is 0 Å². The maximum absolute atomic E-state index is 6.06. The molecule has 0 aliphatic carbocycles. The van der Waals surface area contributed by atoms with Gasteiger partial charge in [-0.2, -0.15) is 11.8 Å². The minimum Gasteiger partial charge on any atom is -0.369 e. The fraction of sp³-hybridized carbons (Fsp3) is 0.571. The van der Waals surface area contributed by atoms with Crippen molar-refractivity contribution in [1.82, 2.24) is 0 Å². The van der Waals surface area contributed by atoms with E-state index >= 15 is 0 Å². The molecular weight excluding hydrogens is 228 g/mol. The van der Waals surface area contributed by atoms with Crippen molar-refractivity contribution in [2.45, 2.75) is 31.6 Å². The summed E-state index contributed by atoms with van der Waals surface area (Å²) in [5.74, 6) is 1.19. The minimum absolute atomic E-state index is 0.101. The Morgan fingerprint density at radius 2 is 2.06 bits per heavy atom. The third-order valence-corrected chi connectivity index (χ3v) is 4.49. The standard InChI is InChI=1S/C14H22N2S/c1-11(15)12-6-4-5-7-13(12)16-8-9-17-14(2,3)10-16/h4-7,11H,8-10,15H2,1-3H3/t11-/m1/s1. The Morgan fingerprint density at radius 1 is 1.35 bits per heavy atom. The molecule has 0 spiro atoms. The summed E-state index contributed by atoms with van der Waals surface area (Å²) in [6.45, 7) is 8.92. The molecule has 0 bridgehead atoms. The van der Waals surface area contributed by atoms with Crippen molar-refractivity contribution in [2.24, 2.45) is 5.73 Å². The molecule has 1 aliphatic rings. The molecule has 2 rings (SSSR count). The number of benzene rings is 1. The lowest BCUT2D eigenvalue weighted by Gasteiger charge is -2.40. The van der Waals surface area contributed by atoms with E-state index in [4.69, 9.17) is 5.73 Å². The molecule has 2 nitrogen and oxygen atoms in total. The van der Waals surface area contributed by atoms with Crippen molar-refractivity contribution in [3.63, 3.8) is 0 Å². The molecule has 3 heteroatoms. The fourth-order valence-corrected chi connectivity index (χ4v) is 3.49. The van der Waals surface area contributed by atoms with Crippen LogP contribution in [0.4, 0.5) is 5.69 Å². The Labute approximate surface area is 109 Å². The van der Waals surface area contributed by atoms with Gasteiger partial charge in [0.2, 0.25) is 0 Å². The highest BCUT2D eigenvalue weighted by Gasteiger charge is 2.28. The maximum atomic E-state index is 6.06. The van der Waals surface area contributed by atoms with Crippen LogP contribution in [0, 0.1) is 0 Å². The van der Waals surface area contributed by atoms with Crippen LogP contribution >= 0.6 is 11.8 Å². The Balaban J connectivity index is 2.27. The molecule has 1 atom stereocenters. The van der Waals surface area contributed by atoms with Crippen molar-refractivity contribution in [2.75, 3.05) is 23.7 Å². The van der Waals surface area contributed by atoms with Gasteiger partial charge >= 0.3 is 0 Å². The van der Waals surface area contributed by atoms with Gasteiger partial charge in [0.25, 0.3) is 0 Å². The van der Waals surface area contributed by atoms with Gasteiger partial charge in [-0.3, -0.25) is 0 Å². The van der Waals surface area contributed by atoms with E-state index in [0.717, 1.165) is 13.1 Å². The van der Waals surface area contributed by atoms with Crippen LogP contribution in [0.25, 0.3) is 0 Å². The Hall–Kier alpha value is -0.670. The summed E-state index contributed by atoms with van der Waals surface area (Å²) < 4.78 is 0.337. The van der Waals surface area contributed by atoms with Gasteiger partial charge in [-0.15, -0.1) is 0 Å². The molecule has 17 heavy (non-hydrogen) atoms. The molecule has 1 saturated heterocycles. The maximum Gasteiger partial charge on any atom is 0.0415 e. The van der Waals surface area contributed by atoms with E-state index in [2.05, 4.69) is 61.7 Å². The van der Waals surface area contributed by atoms with Crippen molar-refractivity contribution in [1.29, 1.82) is 0 Å². The number of rotatable bonds is 2.